The predicted molar refractivity (Wildman–Crippen MR) is 61.5 cm³/mol. The Labute approximate surface area is 97.7 Å². The summed E-state index contributed by atoms with van der Waals surface area (Å²) in [5.74, 6) is 0.366. The molecule has 0 aromatic rings. The Morgan fingerprint density at radius 1 is 1.31 bits per heavy atom. The van der Waals surface area contributed by atoms with Crippen LogP contribution in [0.1, 0.15) is 32.1 Å². The number of nitrogens with zero attached hydrogens (tertiary/aromatic N) is 2. The van der Waals surface area contributed by atoms with Crippen LogP contribution >= 0.6 is 0 Å². The van der Waals surface area contributed by atoms with Crippen molar-refractivity contribution >= 4 is 5.91 Å². The molecule has 2 aliphatic rings. The molecule has 0 aromatic carbocycles. The van der Waals surface area contributed by atoms with E-state index >= 15 is 0 Å². The second kappa shape index (κ2) is 4.72. The molecule has 2 aliphatic heterocycles. The largest absolute Gasteiger partial charge is 0.339 e. The molecular weight excluding hydrogens is 204 g/mol. The fourth-order valence-electron chi connectivity index (χ4n) is 2.81. The van der Waals surface area contributed by atoms with Crippen LogP contribution in [0.3, 0.4) is 0 Å². The number of rotatable bonds is 2. The first-order chi connectivity index (χ1) is 7.64. The zero-order chi connectivity index (χ0) is 11.6. The summed E-state index contributed by atoms with van der Waals surface area (Å²) in [5, 5.41) is 0. The van der Waals surface area contributed by atoms with Crippen LogP contribution in [0.5, 0.6) is 0 Å². The third kappa shape index (κ3) is 2.38. The quantitative estimate of drug-likeness (QED) is 0.663. The summed E-state index contributed by atoms with van der Waals surface area (Å²) >= 11 is 0. The number of amides is 1. The number of hydrogen-bond acceptors (Lipinski definition) is 2. The molecular formula is C12H23N2O2+. The van der Waals surface area contributed by atoms with Crippen LogP contribution in [0.4, 0.5) is 0 Å². The number of hydrogen-bond donors (Lipinski definition) is 0. The fraction of sp³-hybridized carbons (Fsp3) is 0.917. The zero-order valence-corrected chi connectivity index (χ0v) is 10.4. The van der Waals surface area contributed by atoms with Crippen molar-refractivity contribution < 1.29 is 14.3 Å². The van der Waals surface area contributed by atoms with E-state index in [1.807, 2.05) is 0 Å². The highest BCUT2D eigenvalue weighted by molar-refractivity contribution is 5.77. The molecule has 0 saturated carbocycles. The maximum atomic E-state index is 11.8. The van der Waals surface area contributed by atoms with E-state index in [0.29, 0.717) is 16.6 Å². The van der Waals surface area contributed by atoms with E-state index in [4.69, 9.17) is 4.84 Å². The maximum absolute atomic E-state index is 11.8. The van der Waals surface area contributed by atoms with Crippen molar-refractivity contribution in [1.82, 2.24) is 4.90 Å². The highest BCUT2D eigenvalue weighted by Crippen LogP contribution is 2.24. The van der Waals surface area contributed by atoms with Crippen molar-refractivity contribution in [1.29, 1.82) is 0 Å². The molecule has 1 amide bonds. The summed E-state index contributed by atoms with van der Waals surface area (Å²) in [6.45, 7) is 3.01. The monoisotopic (exact) mass is 227 g/mol. The van der Waals surface area contributed by atoms with E-state index < -0.39 is 0 Å². The molecule has 0 radical (unpaired) electrons. The lowest BCUT2D eigenvalue weighted by atomic mass is 9.99. The van der Waals surface area contributed by atoms with E-state index in [1.54, 1.807) is 7.11 Å². The van der Waals surface area contributed by atoms with Gasteiger partial charge in [0.25, 0.3) is 0 Å². The van der Waals surface area contributed by atoms with Gasteiger partial charge in [0.2, 0.25) is 5.91 Å². The normalized spacial score (nSPS) is 36.5. The van der Waals surface area contributed by atoms with Gasteiger partial charge in [-0.15, -0.1) is 0 Å². The molecule has 4 heteroatoms. The van der Waals surface area contributed by atoms with Gasteiger partial charge in [0.05, 0.1) is 14.2 Å². The summed E-state index contributed by atoms with van der Waals surface area (Å²) in [7, 11) is 3.89. The number of likely N-dealkylation sites (tertiary alicyclic amines) is 2. The van der Waals surface area contributed by atoms with Crippen molar-refractivity contribution in [3.05, 3.63) is 0 Å². The standard InChI is InChI=1S/C12H23N2O2/c1-14(16-2)9-6-11(7-10-14)13-8-4-3-5-12(13)15/h11H,3-10H2,1-2H3/q+1. The van der Waals surface area contributed by atoms with Gasteiger partial charge < -0.3 is 4.90 Å². The lowest BCUT2D eigenvalue weighted by Gasteiger charge is -2.42. The summed E-state index contributed by atoms with van der Waals surface area (Å²) in [6.07, 6.45) is 5.17. The molecule has 2 heterocycles. The van der Waals surface area contributed by atoms with Gasteiger partial charge in [-0.3, -0.25) is 4.79 Å². The minimum absolute atomic E-state index is 0.366. The molecule has 0 N–H and O–H groups in total. The Morgan fingerprint density at radius 3 is 2.56 bits per heavy atom. The van der Waals surface area contributed by atoms with Gasteiger partial charge in [-0.2, -0.15) is 4.65 Å². The van der Waals surface area contributed by atoms with E-state index in [2.05, 4.69) is 11.9 Å². The Bertz CT molecular complexity index is 260. The molecule has 0 aromatic heterocycles. The van der Waals surface area contributed by atoms with Gasteiger partial charge in [-0.1, -0.05) is 0 Å². The minimum atomic E-state index is 0.366. The molecule has 2 saturated heterocycles. The highest BCUT2D eigenvalue weighted by Gasteiger charge is 2.35. The minimum Gasteiger partial charge on any atom is -0.339 e. The first kappa shape index (κ1) is 11.9. The fourth-order valence-corrected chi connectivity index (χ4v) is 2.81. The second-order valence-electron chi connectivity index (χ2n) is 5.20. The van der Waals surface area contributed by atoms with Crippen LogP contribution in [0, 0.1) is 0 Å². The number of piperidine rings is 2. The molecule has 0 spiro atoms. The van der Waals surface area contributed by atoms with Crippen molar-refractivity contribution in [2.24, 2.45) is 0 Å². The SMILES string of the molecule is CO[N+]1(C)CCC(N2CCCCC2=O)CC1. The second-order valence-corrected chi connectivity index (χ2v) is 5.20. The summed E-state index contributed by atoms with van der Waals surface area (Å²) in [4.78, 5) is 19.4. The molecule has 0 unspecified atom stereocenters. The summed E-state index contributed by atoms with van der Waals surface area (Å²) < 4.78 is 0.693. The molecule has 0 aliphatic carbocycles. The number of quaternary nitrogens is 1. The molecule has 0 bridgehead atoms. The van der Waals surface area contributed by atoms with Crippen LogP contribution in [0.15, 0.2) is 0 Å². The number of hydroxylamine groups is 3. The molecule has 2 fully saturated rings. The highest BCUT2D eigenvalue weighted by atomic mass is 16.7. The molecule has 4 nitrogen and oxygen atoms in total. The van der Waals surface area contributed by atoms with Gasteiger partial charge in [-0.25, -0.2) is 4.84 Å². The van der Waals surface area contributed by atoms with Crippen molar-refractivity contribution in [2.75, 3.05) is 33.8 Å². The smallest absolute Gasteiger partial charge is 0.222 e. The first-order valence-electron chi connectivity index (χ1n) is 6.34. The predicted octanol–water partition coefficient (Wildman–Crippen LogP) is 1.17. The van der Waals surface area contributed by atoms with Gasteiger partial charge in [0.15, 0.2) is 0 Å². The van der Waals surface area contributed by atoms with Crippen LogP contribution in [0.2, 0.25) is 0 Å². The average Bonchev–Trinajstić information content (AvgIpc) is 2.31. The van der Waals surface area contributed by atoms with Crippen LogP contribution < -0.4 is 0 Å². The zero-order valence-electron chi connectivity index (χ0n) is 10.4. The topological polar surface area (TPSA) is 29.5 Å². The summed E-state index contributed by atoms with van der Waals surface area (Å²) in [6, 6.07) is 0.467. The van der Waals surface area contributed by atoms with Crippen molar-refractivity contribution in [3.8, 4) is 0 Å². The maximum Gasteiger partial charge on any atom is 0.222 e. The van der Waals surface area contributed by atoms with E-state index in [9.17, 15) is 4.79 Å². The van der Waals surface area contributed by atoms with Crippen LogP contribution in [0.25, 0.3) is 0 Å². The molecule has 92 valence electrons. The van der Waals surface area contributed by atoms with Gasteiger partial charge in [0.1, 0.15) is 13.1 Å². The lowest BCUT2D eigenvalue weighted by Crippen LogP contribution is -2.55. The Morgan fingerprint density at radius 2 is 2.00 bits per heavy atom. The van der Waals surface area contributed by atoms with Crippen molar-refractivity contribution in [3.63, 3.8) is 0 Å². The van der Waals surface area contributed by atoms with E-state index in [-0.39, 0.29) is 0 Å². The van der Waals surface area contributed by atoms with Gasteiger partial charge >= 0.3 is 0 Å². The summed E-state index contributed by atoms with van der Waals surface area (Å²) in [5.41, 5.74) is 0. The molecule has 0 atom stereocenters. The van der Waals surface area contributed by atoms with Crippen LogP contribution in [-0.2, 0) is 9.63 Å². The van der Waals surface area contributed by atoms with Gasteiger partial charge in [0, 0.05) is 31.8 Å². The van der Waals surface area contributed by atoms with E-state index in [1.165, 1.54) is 6.42 Å². The Hall–Kier alpha value is -0.610. The Kier molecular flexibility index (Phi) is 3.50. The van der Waals surface area contributed by atoms with Gasteiger partial charge in [-0.05, 0) is 12.8 Å². The Balaban J connectivity index is 1.90. The van der Waals surface area contributed by atoms with E-state index in [0.717, 1.165) is 45.3 Å². The number of carbonyl (C=O) groups is 1. The molecule has 16 heavy (non-hydrogen) atoms. The third-order valence-electron chi connectivity index (χ3n) is 4.11. The van der Waals surface area contributed by atoms with Crippen molar-refractivity contribution in [2.45, 2.75) is 38.1 Å². The average molecular weight is 227 g/mol. The third-order valence-corrected chi connectivity index (χ3v) is 4.11. The first-order valence-corrected chi connectivity index (χ1v) is 6.34. The number of carbonyl (C=O) groups excluding carboxylic acids is 1. The van der Waals surface area contributed by atoms with Crippen LogP contribution in [-0.4, -0.2) is 55.3 Å². The lowest BCUT2D eigenvalue weighted by molar-refractivity contribution is -1.09. The molecule has 2 rings (SSSR count).